The minimum atomic E-state index is -0.413. The van der Waals surface area contributed by atoms with Gasteiger partial charge in [-0.1, -0.05) is 0 Å². The van der Waals surface area contributed by atoms with E-state index in [4.69, 9.17) is 5.26 Å². The van der Waals surface area contributed by atoms with Gasteiger partial charge in [-0.2, -0.15) is 5.26 Å². The maximum atomic E-state index is 11.8. The number of nitrogens with zero attached hydrogens (tertiary/aromatic N) is 3. The molecule has 1 aromatic rings. The molecule has 0 radical (unpaired) electrons. The summed E-state index contributed by atoms with van der Waals surface area (Å²) in [4.78, 5) is 17.8. The molecule has 1 aromatic heterocycles. The lowest BCUT2D eigenvalue weighted by atomic mass is 10.3. The highest BCUT2D eigenvalue weighted by atomic mass is 32.1. The van der Waals surface area contributed by atoms with Gasteiger partial charge in [0, 0.05) is 7.05 Å². The van der Waals surface area contributed by atoms with Crippen molar-refractivity contribution in [2.75, 3.05) is 7.05 Å². The summed E-state index contributed by atoms with van der Waals surface area (Å²) in [7, 11) is 1.62. The Labute approximate surface area is 86.8 Å². The van der Waals surface area contributed by atoms with Gasteiger partial charge in [-0.15, -0.1) is 11.3 Å². The highest BCUT2D eigenvalue weighted by Crippen LogP contribution is 2.15. The lowest BCUT2D eigenvalue weighted by molar-refractivity contribution is 0.0777. The van der Waals surface area contributed by atoms with Crippen LogP contribution in [0.3, 0.4) is 0 Å². The van der Waals surface area contributed by atoms with Crippen LogP contribution in [0.1, 0.15) is 22.3 Å². The molecule has 0 spiro atoms. The number of rotatable bonds is 2. The van der Waals surface area contributed by atoms with E-state index < -0.39 is 6.04 Å². The van der Waals surface area contributed by atoms with E-state index in [-0.39, 0.29) is 5.91 Å². The van der Waals surface area contributed by atoms with Crippen molar-refractivity contribution in [3.63, 3.8) is 0 Å². The van der Waals surface area contributed by atoms with Gasteiger partial charge in [0.15, 0.2) is 0 Å². The molecule has 0 aliphatic rings. The van der Waals surface area contributed by atoms with E-state index in [1.807, 2.05) is 6.07 Å². The van der Waals surface area contributed by atoms with Crippen LogP contribution in [0.4, 0.5) is 0 Å². The number of nitriles is 1. The number of hydrogen-bond donors (Lipinski definition) is 0. The molecule has 0 aliphatic heterocycles. The number of thiazole rings is 1. The van der Waals surface area contributed by atoms with Gasteiger partial charge in [-0.3, -0.25) is 4.79 Å². The van der Waals surface area contributed by atoms with E-state index in [9.17, 15) is 4.79 Å². The highest BCUT2D eigenvalue weighted by molar-refractivity contribution is 7.11. The predicted molar refractivity (Wildman–Crippen MR) is 54.0 cm³/mol. The third-order valence-corrected chi connectivity index (χ3v) is 2.94. The zero-order valence-electron chi connectivity index (χ0n) is 8.31. The topological polar surface area (TPSA) is 57.0 Å². The van der Waals surface area contributed by atoms with Crippen molar-refractivity contribution in [2.45, 2.75) is 19.9 Å². The van der Waals surface area contributed by atoms with E-state index >= 15 is 0 Å². The zero-order chi connectivity index (χ0) is 10.7. The third kappa shape index (κ3) is 1.91. The highest BCUT2D eigenvalue weighted by Gasteiger charge is 2.20. The number of aromatic nitrogens is 1. The summed E-state index contributed by atoms with van der Waals surface area (Å²) in [6.07, 6.45) is 0. The van der Waals surface area contributed by atoms with Crippen LogP contribution in [-0.2, 0) is 0 Å². The molecule has 4 nitrogen and oxygen atoms in total. The monoisotopic (exact) mass is 209 g/mol. The smallest absolute Gasteiger partial charge is 0.266 e. The average molecular weight is 209 g/mol. The molecule has 1 atom stereocenters. The fourth-order valence-corrected chi connectivity index (χ4v) is 1.71. The molecular formula is C9H11N3OS. The number of aryl methyl sites for hydroxylation is 1. The summed E-state index contributed by atoms with van der Waals surface area (Å²) in [6, 6.07) is 1.60. The molecule has 5 heteroatoms. The van der Waals surface area contributed by atoms with Crippen LogP contribution in [0.15, 0.2) is 5.51 Å². The average Bonchev–Trinajstić information content (AvgIpc) is 2.61. The SMILES string of the molecule is Cc1ncsc1C(=O)N(C)C(C)C#N. The van der Waals surface area contributed by atoms with Crippen molar-refractivity contribution in [3.05, 3.63) is 16.1 Å². The number of carbonyl (C=O) groups excluding carboxylic acids is 1. The van der Waals surface area contributed by atoms with Crippen LogP contribution < -0.4 is 0 Å². The van der Waals surface area contributed by atoms with Crippen LogP contribution in [-0.4, -0.2) is 28.9 Å². The maximum Gasteiger partial charge on any atom is 0.266 e. The van der Waals surface area contributed by atoms with Crippen LogP contribution in [0.25, 0.3) is 0 Å². The Bertz CT molecular complexity index is 380. The van der Waals surface area contributed by atoms with E-state index in [1.165, 1.54) is 16.2 Å². The largest absolute Gasteiger partial charge is 0.325 e. The van der Waals surface area contributed by atoms with E-state index in [0.717, 1.165) is 5.69 Å². The Hall–Kier alpha value is -1.41. The molecule has 1 heterocycles. The first kappa shape index (κ1) is 10.7. The fraction of sp³-hybridized carbons (Fsp3) is 0.444. The molecule has 0 bridgehead atoms. The summed E-state index contributed by atoms with van der Waals surface area (Å²) in [5.41, 5.74) is 2.35. The van der Waals surface area contributed by atoms with Crippen molar-refractivity contribution in [1.82, 2.24) is 9.88 Å². The summed E-state index contributed by atoms with van der Waals surface area (Å²) < 4.78 is 0. The Kier molecular flexibility index (Phi) is 3.20. The lowest BCUT2D eigenvalue weighted by Gasteiger charge is -2.18. The molecule has 0 aliphatic carbocycles. The molecule has 0 N–H and O–H groups in total. The second-order valence-electron chi connectivity index (χ2n) is 2.99. The lowest BCUT2D eigenvalue weighted by Crippen LogP contribution is -2.33. The van der Waals surface area contributed by atoms with Gasteiger partial charge in [0.25, 0.3) is 5.91 Å². The molecule has 1 amide bonds. The summed E-state index contributed by atoms with van der Waals surface area (Å²) in [5, 5.41) is 8.66. The van der Waals surface area contributed by atoms with Gasteiger partial charge in [0.05, 0.1) is 17.3 Å². The summed E-state index contributed by atoms with van der Waals surface area (Å²) in [5.74, 6) is -0.140. The van der Waals surface area contributed by atoms with Crippen molar-refractivity contribution in [1.29, 1.82) is 5.26 Å². The van der Waals surface area contributed by atoms with Gasteiger partial charge in [-0.25, -0.2) is 4.98 Å². The summed E-state index contributed by atoms with van der Waals surface area (Å²) in [6.45, 7) is 3.48. The third-order valence-electron chi connectivity index (χ3n) is 2.03. The second kappa shape index (κ2) is 4.20. The van der Waals surface area contributed by atoms with Crippen molar-refractivity contribution in [3.8, 4) is 6.07 Å². The fourth-order valence-electron chi connectivity index (χ4n) is 0.930. The normalized spacial score (nSPS) is 11.9. The molecule has 0 fully saturated rings. The van der Waals surface area contributed by atoms with E-state index in [2.05, 4.69) is 4.98 Å². The molecule has 14 heavy (non-hydrogen) atoms. The molecule has 0 aromatic carbocycles. The molecule has 1 unspecified atom stereocenters. The van der Waals surface area contributed by atoms with Crippen LogP contribution >= 0.6 is 11.3 Å². The minimum absolute atomic E-state index is 0.140. The quantitative estimate of drug-likeness (QED) is 0.740. The maximum absolute atomic E-state index is 11.8. The predicted octanol–water partition coefficient (Wildman–Crippen LogP) is 1.44. The Balaban J connectivity index is 2.87. The molecule has 1 rings (SSSR count). The van der Waals surface area contributed by atoms with Gasteiger partial charge in [0.1, 0.15) is 10.9 Å². The van der Waals surface area contributed by atoms with Gasteiger partial charge < -0.3 is 4.90 Å². The first-order valence-electron chi connectivity index (χ1n) is 4.14. The van der Waals surface area contributed by atoms with E-state index in [0.29, 0.717) is 4.88 Å². The Morgan fingerprint density at radius 2 is 2.43 bits per heavy atom. The van der Waals surface area contributed by atoms with Crippen molar-refractivity contribution >= 4 is 17.2 Å². The van der Waals surface area contributed by atoms with E-state index in [1.54, 1.807) is 26.4 Å². The minimum Gasteiger partial charge on any atom is -0.325 e. The second-order valence-corrected chi connectivity index (χ2v) is 3.84. The molecule has 0 saturated heterocycles. The Morgan fingerprint density at radius 1 is 1.79 bits per heavy atom. The first-order valence-corrected chi connectivity index (χ1v) is 5.02. The standard InChI is InChI=1S/C9H11N3OS/c1-6(4-10)12(3)9(13)8-7(2)11-5-14-8/h5-6H,1-3H3. The number of carbonyl (C=O) groups is 1. The number of amides is 1. The van der Waals surface area contributed by atoms with Gasteiger partial charge in [-0.05, 0) is 13.8 Å². The van der Waals surface area contributed by atoms with Gasteiger partial charge >= 0.3 is 0 Å². The first-order chi connectivity index (χ1) is 6.57. The zero-order valence-corrected chi connectivity index (χ0v) is 9.13. The molecule has 0 saturated carbocycles. The summed E-state index contributed by atoms with van der Waals surface area (Å²) >= 11 is 1.30. The van der Waals surface area contributed by atoms with Gasteiger partial charge in [0.2, 0.25) is 0 Å². The molecule has 74 valence electrons. The van der Waals surface area contributed by atoms with Crippen LogP contribution in [0.2, 0.25) is 0 Å². The van der Waals surface area contributed by atoms with Crippen LogP contribution in [0, 0.1) is 18.3 Å². The van der Waals surface area contributed by atoms with Crippen LogP contribution in [0.5, 0.6) is 0 Å². The molecular weight excluding hydrogens is 198 g/mol. The number of hydrogen-bond acceptors (Lipinski definition) is 4. The Morgan fingerprint density at radius 3 is 2.86 bits per heavy atom. The van der Waals surface area contributed by atoms with Crippen molar-refractivity contribution in [2.24, 2.45) is 0 Å². The van der Waals surface area contributed by atoms with Crippen molar-refractivity contribution < 1.29 is 4.79 Å².